The van der Waals surface area contributed by atoms with Crippen LogP contribution in [-0.2, 0) is 6.54 Å². The first kappa shape index (κ1) is 16.9. The van der Waals surface area contributed by atoms with Gasteiger partial charge in [0.25, 0.3) is 0 Å². The van der Waals surface area contributed by atoms with E-state index in [0.29, 0.717) is 12.2 Å². The van der Waals surface area contributed by atoms with Crippen molar-refractivity contribution in [2.45, 2.75) is 6.54 Å². The van der Waals surface area contributed by atoms with Crippen LogP contribution in [0, 0.1) is 11.6 Å². The number of fused-ring (bicyclic) bond motifs is 1. The number of nitrogens with zero attached hydrogens (tertiary/aromatic N) is 2. The molecule has 0 bridgehead atoms. The maximum atomic E-state index is 13.3. The lowest BCUT2D eigenvalue weighted by molar-refractivity contribution is 0.584. The number of rotatable bonds is 5. The molecule has 0 aliphatic heterocycles. The highest BCUT2D eigenvalue weighted by molar-refractivity contribution is 5.89. The number of anilines is 1. The summed E-state index contributed by atoms with van der Waals surface area (Å²) in [6, 6.07) is 15.0. The van der Waals surface area contributed by atoms with Gasteiger partial charge in [0.15, 0.2) is 0 Å². The average molecular weight is 362 g/mol. The van der Waals surface area contributed by atoms with Crippen LogP contribution in [0.3, 0.4) is 0 Å². The molecule has 6 heteroatoms. The second-order valence-corrected chi connectivity index (χ2v) is 6.09. The average Bonchev–Trinajstić information content (AvgIpc) is 3.07. The van der Waals surface area contributed by atoms with Crippen molar-refractivity contribution >= 4 is 28.7 Å². The number of H-pyrrole nitrogens is 1. The highest BCUT2D eigenvalue weighted by Crippen LogP contribution is 2.21. The van der Waals surface area contributed by atoms with Crippen LogP contribution in [0.25, 0.3) is 23.1 Å². The third kappa shape index (κ3) is 4.00. The minimum absolute atomic E-state index is 0.398. The highest BCUT2D eigenvalue weighted by atomic mass is 19.1. The number of halogens is 2. The Hall–Kier alpha value is -3.54. The summed E-state index contributed by atoms with van der Waals surface area (Å²) in [6.45, 7) is 0.438. The number of hydrogen-bond acceptors (Lipinski definition) is 3. The Morgan fingerprint density at radius 3 is 2.59 bits per heavy atom. The maximum absolute atomic E-state index is 13.3. The van der Waals surface area contributed by atoms with E-state index in [1.807, 2.05) is 48.6 Å². The van der Waals surface area contributed by atoms with E-state index in [2.05, 4.69) is 20.5 Å². The summed E-state index contributed by atoms with van der Waals surface area (Å²) < 4.78 is 26.6. The Bertz CT molecular complexity index is 1080. The minimum atomic E-state index is -0.607. The van der Waals surface area contributed by atoms with Crippen molar-refractivity contribution < 1.29 is 8.78 Å². The van der Waals surface area contributed by atoms with Gasteiger partial charge in [-0.25, -0.2) is 8.78 Å². The van der Waals surface area contributed by atoms with Gasteiger partial charge in [-0.15, -0.1) is 0 Å². The summed E-state index contributed by atoms with van der Waals surface area (Å²) in [4.78, 5) is 4.26. The van der Waals surface area contributed by atoms with E-state index in [4.69, 9.17) is 0 Å². The fourth-order valence-electron chi connectivity index (χ4n) is 2.82. The van der Waals surface area contributed by atoms with Gasteiger partial charge in [0.05, 0.1) is 16.9 Å². The molecule has 0 unspecified atom stereocenters. The van der Waals surface area contributed by atoms with Crippen molar-refractivity contribution in [3.63, 3.8) is 0 Å². The number of benzene rings is 2. The van der Waals surface area contributed by atoms with Crippen LogP contribution in [-0.4, -0.2) is 15.2 Å². The molecule has 2 heterocycles. The van der Waals surface area contributed by atoms with Crippen molar-refractivity contribution in [2.24, 2.45) is 0 Å². The van der Waals surface area contributed by atoms with E-state index < -0.39 is 11.6 Å². The summed E-state index contributed by atoms with van der Waals surface area (Å²) in [6.07, 6.45) is 5.54. The van der Waals surface area contributed by atoms with Gasteiger partial charge in [-0.1, -0.05) is 12.1 Å². The molecule has 0 saturated heterocycles. The molecule has 0 atom stereocenters. The quantitative estimate of drug-likeness (QED) is 0.524. The van der Waals surface area contributed by atoms with Crippen molar-refractivity contribution in [3.05, 3.63) is 89.4 Å². The fourth-order valence-corrected chi connectivity index (χ4v) is 2.82. The Morgan fingerprint density at radius 1 is 0.963 bits per heavy atom. The fraction of sp³-hybridized carbons (Fsp3) is 0.0476. The second kappa shape index (κ2) is 7.37. The molecular weight excluding hydrogens is 346 g/mol. The van der Waals surface area contributed by atoms with Crippen LogP contribution >= 0.6 is 0 Å². The molecule has 2 aromatic carbocycles. The Morgan fingerprint density at radius 2 is 1.81 bits per heavy atom. The van der Waals surface area contributed by atoms with E-state index in [1.54, 1.807) is 6.20 Å². The number of hydrogen-bond donors (Lipinski definition) is 2. The molecule has 4 nitrogen and oxygen atoms in total. The first-order chi connectivity index (χ1) is 13.2. The molecule has 0 spiro atoms. The smallest absolute Gasteiger partial charge is 0.128 e. The molecule has 4 aromatic rings. The second-order valence-electron chi connectivity index (χ2n) is 6.09. The molecule has 0 saturated carbocycles. The van der Waals surface area contributed by atoms with E-state index in [0.717, 1.165) is 33.9 Å². The van der Waals surface area contributed by atoms with E-state index >= 15 is 0 Å². The van der Waals surface area contributed by atoms with Crippen LogP contribution in [0.15, 0.2) is 60.8 Å². The molecule has 0 radical (unpaired) electrons. The summed E-state index contributed by atoms with van der Waals surface area (Å²) in [5.74, 6) is -1.21. The van der Waals surface area contributed by atoms with Crippen LogP contribution in [0.2, 0.25) is 0 Å². The highest BCUT2D eigenvalue weighted by Gasteiger charge is 2.05. The number of nitrogens with one attached hydrogen (secondary N) is 2. The predicted molar refractivity (Wildman–Crippen MR) is 103 cm³/mol. The monoisotopic (exact) mass is 362 g/mol. The molecular formula is C21H16F2N4. The van der Waals surface area contributed by atoms with Crippen molar-refractivity contribution in [3.8, 4) is 0 Å². The summed E-state index contributed by atoms with van der Waals surface area (Å²) in [5, 5.41) is 11.3. The molecule has 4 rings (SSSR count). The van der Waals surface area contributed by atoms with Gasteiger partial charge < -0.3 is 5.32 Å². The van der Waals surface area contributed by atoms with Gasteiger partial charge >= 0.3 is 0 Å². The summed E-state index contributed by atoms with van der Waals surface area (Å²) in [5.41, 5.74) is 3.93. The third-order valence-corrected chi connectivity index (χ3v) is 4.12. The Balaban J connectivity index is 1.55. The van der Waals surface area contributed by atoms with E-state index in [1.165, 1.54) is 12.1 Å². The topological polar surface area (TPSA) is 53.6 Å². The predicted octanol–water partition coefficient (Wildman–Crippen LogP) is 5.02. The third-order valence-electron chi connectivity index (χ3n) is 4.12. The first-order valence-corrected chi connectivity index (χ1v) is 8.43. The standard InChI is InChI=1S/C21H16F2N4/c22-15-10-16(23)12-18(11-15)25-13-14-4-6-20-19(9-14)21(27-26-20)7-5-17-3-1-2-8-24-17/h1-12,25H,13H2,(H,26,27). The van der Waals surface area contributed by atoms with Crippen LogP contribution in [0.4, 0.5) is 14.5 Å². The SMILES string of the molecule is Fc1cc(F)cc(NCc2ccc3[nH]nc(C=Cc4ccccn4)c3c2)c1. The molecule has 2 aromatic heterocycles. The van der Waals surface area contributed by atoms with Gasteiger partial charge in [-0.2, -0.15) is 5.10 Å². The largest absolute Gasteiger partial charge is 0.381 e. The Kier molecular flexibility index (Phi) is 4.61. The van der Waals surface area contributed by atoms with Gasteiger partial charge in [-0.3, -0.25) is 10.1 Å². The lowest BCUT2D eigenvalue weighted by Gasteiger charge is -2.07. The molecule has 0 aliphatic carbocycles. The van der Waals surface area contributed by atoms with Crippen LogP contribution < -0.4 is 5.32 Å². The first-order valence-electron chi connectivity index (χ1n) is 8.43. The van der Waals surface area contributed by atoms with E-state index in [-0.39, 0.29) is 0 Å². The number of aromatic amines is 1. The molecule has 0 amide bonds. The molecule has 2 N–H and O–H groups in total. The zero-order valence-corrected chi connectivity index (χ0v) is 14.3. The maximum Gasteiger partial charge on any atom is 0.128 e. The summed E-state index contributed by atoms with van der Waals surface area (Å²) in [7, 11) is 0. The van der Waals surface area contributed by atoms with Crippen molar-refractivity contribution in [1.29, 1.82) is 0 Å². The Labute approximate surface area is 154 Å². The summed E-state index contributed by atoms with van der Waals surface area (Å²) >= 11 is 0. The van der Waals surface area contributed by atoms with Crippen molar-refractivity contribution in [1.82, 2.24) is 15.2 Å². The van der Waals surface area contributed by atoms with Gasteiger partial charge in [0.2, 0.25) is 0 Å². The van der Waals surface area contributed by atoms with Gasteiger partial charge in [-0.05, 0) is 54.1 Å². The molecule has 27 heavy (non-hydrogen) atoms. The zero-order chi connectivity index (χ0) is 18.6. The van der Waals surface area contributed by atoms with Gasteiger partial charge in [0.1, 0.15) is 11.6 Å². The van der Waals surface area contributed by atoms with Gasteiger partial charge in [0, 0.05) is 29.9 Å². The lowest BCUT2D eigenvalue weighted by Crippen LogP contribution is -2.00. The minimum Gasteiger partial charge on any atom is -0.381 e. The van der Waals surface area contributed by atoms with E-state index in [9.17, 15) is 8.78 Å². The molecule has 134 valence electrons. The number of aromatic nitrogens is 3. The molecule has 0 aliphatic rings. The lowest BCUT2D eigenvalue weighted by atomic mass is 10.1. The van der Waals surface area contributed by atoms with Crippen LogP contribution in [0.5, 0.6) is 0 Å². The molecule has 0 fully saturated rings. The zero-order valence-electron chi connectivity index (χ0n) is 14.3. The van der Waals surface area contributed by atoms with Crippen molar-refractivity contribution in [2.75, 3.05) is 5.32 Å². The number of pyridine rings is 1. The normalized spacial score (nSPS) is 11.3. The van der Waals surface area contributed by atoms with Crippen LogP contribution in [0.1, 0.15) is 17.0 Å².